The van der Waals surface area contributed by atoms with Crippen LogP contribution in [0.2, 0.25) is 0 Å². The third-order valence-electron chi connectivity index (χ3n) is 2.68. The van der Waals surface area contributed by atoms with Gasteiger partial charge in [-0.2, -0.15) is 5.26 Å². The van der Waals surface area contributed by atoms with Gasteiger partial charge in [0.1, 0.15) is 17.6 Å². The molecular formula is C14H14N4O. The number of ether oxygens (including phenoxy) is 1. The highest BCUT2D eigenvalue weighted by Crippen LogP contribution is 2.22. The van der Waals surface area contributed by atoms with Crippen molar-refractivity contribution in [2.24, 2.45) is 0 Å². The van der Waals surface area contributed by atoms with Crippen LogP contribution in [0.25, 0.3) is 0 Å². The number of nitrogens with two attached hydrogens (primary N) is 1. The molecule has 5 nitrogen and oxygen atoms in total. The molecule has 19 heavy (non-hydrogen) atoms. The van der Waals surface area contributed by atoms with Gasteiger partial charge in [-0.05, 0) is 30.3 Å². The Labute approximate surface area is 111 Å². The lowest BCUT2D eigenvalue weighted by Crippen LogP contribution is -2.05. The van der Waals surface area contributed by atoms with Crippen LogP contribution in [0, 0.1) is 11.3 Å². The summed E-state index contributed by atoms with van der Waals surface area (Å²) in [4.78, 5) is 4.14. The summed E-state index contributed by atoms with van der Waals surface area (Å²) < 4.78 is 5.26. The summed E-state index contributed by atoms with van der Waals surface area (Å²) in [5.41, 5.74) is 7.84. The third-order valence-corrected chi connectivity index (χ3v) is 2.68. The van der Waals surface area contributed by atoms with Crippen molar-refractivity contribution in [1.29, 1.82) is 5.26 Å². The van der Waals surface area contributed by atoms with E-state index >= 15 is 0 Å². The van der Waals surface area contributed by atoms with Crippen molar-refractivity contribution in [3.05, 3.63) is 47.7 Å². The summed E-state index contributed by atoms with van der Waals surface area (Å²) >= 11 is 0. The zero-order valence-corrected chi connectivity index (χ0v) is 10.6. The van der Waals surface area contributed by atoms with Crippen LogP contribution in [0.3, 0.4) is 0 Å². The Morgan fingerprint density at radius 2 is 2.26 bits per heavy atom. The van der Waals surface area contributed by atoms with Gasteiger partial charge < -0.3 is 15.8 Å². The van der Waals surface area contributed by atoms with Gasteiger partial charge in [0.15, 0.2) is 0 Å². The zero-order chi connectivity index (χ0) is 13.7. The van der Waals surface area contributed by atoms with Gasteiger partial charge in [0, 0.05) is 24.0 Å². The Morgan fingerprint density at radius 1 is 1.42 bits per heavy atom. The monoisotopic (exact) mass is 254 g/mol. The van der Waals surface area contributed by atoms with E-state index in [4.69, 9.17) is 15.7 Å². The van der Waals surface area contributed by atoms with Crippen LogP contribution in [0.4, 0.5) is 11.5 Å². The average molecular weight is 254 g/mol. The first-order valence-electron chi connectivity index (χ1n) is 5.76. The lowest BCUT2D eigenvalue weighted by atomic mass is 10.1. The molecule has 0 fully saturated rings. The van der Waals surface area contributed by atoms with Crippen molar-refractivity contribution < 1.29 is 4.74 Å². The minimum absolute atomic E-state index is 0.486. The molecule has 2 aromatic rings. The van der Waals surface area contributed by atoms with E-state index in [0.29, 0.717) is 23.6 Å². The summed E-state index contributed by atoms with van der Waals surface area (Å²) in [5.74, 6) is 1.30. The van der Waals surface area contributed by atoms with Gasteiger partial charge in [-0.1, -0.05) is 0 Å². The highest BCUT2D eigenvalue weighted by atomic mass is 16.5. The molecule has 0 saturated heterocycles. The predicted octanol–water partition coefficient (Wildman–Crippen LogP) is 2.16. The maximum Gasteiger partial charge on any atom is 0.144 e. The van der Waals surface area contributed by atoms with Gasteiger partial charge in [-0.15, -0.1) is 0 Å². The van der Waals surface area contributed by atoms with Crippen molar-refractivity contribution in [1.82, 2.24) is 4.98 Å². The molecule has 0 radical (unpaired) electrons. The second kappa shape index (κ2) is 5.74. The number of nitrogen functional groups attached to an aromatic ring is 1. The minimum atomic E-state index is 0.486. The Kier molecular flexibility index (Phi) is 3.84. The molecule has 1 heterocycles. The second-order valence-electron chi connectivity index (χ2n) is 3.94. The largest absolute Gasteiger partial charge is 0.496 e. The van der Waals surface area contributed by atoms with Crippen molar-refractivity contribution in [3.8, 4) is 11.8 Å². The van der Waals surface area contributed by atoms with Gasteiger partial charge >= 0.3 is 0 Å². The summed E-state index contributed by atoms with van der Waals surface area (Å²) in [7, 11) is 1.61. The van der Waals surface area contributed by atoms with Crippen LogP contribution in [0.5, 0.6) is 5.75 Å². The normalized spacial score (nSPS) is 9.68. The van der Waals surface area contributed by atoms with E-state index in [0.717, 1.165) is 11.3 Å². The first-order chi connectivity index (χ1) is 9.24. The van der Waals surface area contributed by atoms with Gasteiger partial charge in [0.2, 0.25) is 0 Å². The number of hydrogen-bond acceptors (Lipinski definition) is 5. The molecule has 0 aliphatic rings. The molecule has 0 atom stereocenters. The number of benzene rings is 1. The van der Waals surface area contributed by atoms with Gasteiger partial charge in [-0.25, -0.2) is 4.98 Å². The zero-order valence-electron chi connectivity index (χ0n) is 10.6. The molecular weight excluding hydrogens is 240 g/mol. The molecule has 0 aliphatic carbocycles. The lowest BCUT2D eigenvalue weighted by molar-refractivity contribution is 0.410. The van der Waals surface area contributed by atoms with E-state index in [2.05, 4.69) is 16.4 Å². The van der Waals surface area contributed by atoms with Crippen LogP contribution in [0.1, 0.15) is 11.1 Å². The van der Waals surface area contributed by atoms with E-state index in [9.17, 15) is 0 Å². The SMILES string of the molecule is COc1ccc(N)cc1CNc1ncccc1C#N. The van der Waals surface area contributed by atoms with Crippen molar-refractivity contribution in [2.75, 3.05) is 18.2 Å². The van der Waals surface area contributed by atoms with Gasteiger partial charge in [0.25, 0.3) is 0 Å². The highest BCUT2D eigenvalue weighted by Gasteiger charge is 2.06. The Morgan fingerprint density at radius 3 is 3.00 bits per heavy atom. The van der Waals surface area contributed by atoms with E-state index in [-0.39, 0.29) is 0 Å². The fraction of sp³-hybridized carbons (Fsp3) is 0.143. The number of rotatable bonds is 4. The molecule has 2 rings (SSSR count). The number of methoxy groups -OCH3 is 1. The predicted molar refractivity (Wildman–Crippen MR) is 73.7 cm³/mol. The number of nitrogens with zero attached hydrogens (tertiary/aromatic N) is 2. The van der Waals surface area contributed by atoms with Crippen LogP contribution >= 0.6 is 0 Å². The first-order valence-corrected chi connectivity index (χ1v) is 5.76. The quantitative estimate of drug-likeness (QED) is 0.817. The van der Waals surface area contributed by atoms with Crippen molar-refractivity contribution in [3.63, 3.8) is 0 Å². The summed E-state index contributed by atoms with van der Waals surface area (Å²) in [5, 5.41) is 12.1. The maximum atomic E-state index is 8.99. The summed E-state index contributed by atoms with van der Waals surface area (Å²) in [6, 6.07) is 11.0. The molecule has 0 unspecified atom stereocenters. The van der Waals surface area contributed by atoms with E-state index in [1.165, 1.54) is 0 Å². The van der Waals surface area contributed by atoms with Crippen LogP contribution in [-0.4, -0.2) is 12.1 Å². The molecule has 1 aromatic heterocycles. The van der Waals surface area contributed by atoms with E-state index in [1.807, 2.05) is 12.1 Å². The summed E-state index contributed by atoms with van der Waals surface area (Å²) in [6.45, 7) is 0.486. The first kappa shape index (κ1) is 12.7. The Hall–Kier alpha value is -2.74. The molecule has 3 N–H and O–H groups in total. The molecule has 0 bridgehead atoms. The second-order valence-corrected chi connectivity index (χ2v) is 3.94. The fourth-order valence-electron chi connectivity index (χ4n) is 1.75. The standard InChI is InChI=1S/C14H14N4O/c1-19-13-5-4-12(16)7-11(13)9-18-14-10(8-15)3-2-6-17-14/h2-7H,9,16H2,1H3,(H,17,18). The number of aromatic nitrogens is 1. The lowest BCUT2D eigenvalue weighted by Gasteiger charge is -2.11. The van der Waals surface area contributed by atoms with Crippen LogP contribution in [-0.2, 0) is 6.54 Å². The number of pyridine rings is 1. The smallest absolute Gasteiger partial charge is 0.144 e. The minimum Gasteiger partial charge on any atom is -0.496 e. The average Bonchev–Trinajstić information content (AvgIpc) is 2.45. The molecule has 5 heteroatoms. The molecule has 0 spiro atoms. The summed E-state index contributed by atoms with van der Waals surface area (Å²) in [6.07, 6.45) is 1.64. The van der Waals surface area contributed by atoms with Crippen molar-refractivity contribution in [2.45, 2.75) is 6.54 Å². The maximum absolute atomic E-state index is 8.99. The Bertz CT molecular complexity index is 619. The Balaban J connectivity index is 2.19. The molecule has 96 valence electrons. The molecule has 0 amide bonds. The van der Waals surface area contributed by atoms with Crippen LogP contribution < -0.4 is 15.8 Å². The number of hydrogen-bond donors (Lipinski definition) is 2. The van der Waals surface area contributed by atoms with Gasteiger partial charge in [0.05, 0.1) is 12.7 Å². The molecule has 0 saturated carbocycles. The fourth-order valence-corrected chi connectivity index (χ4v) is 1.75. The van der Waals surface area contributed by atoms with Gasteiger partial charge in [-0.3, -0.25) is 0 Å². The van der Waals surface area contributed by atoms with E-state index < -0.39 is 0 Å². The van der Waals surface area contributed by atoms with Crippen LogP contribution in [0.15, 0.2) is 36.5 Å². The van der Waals surface area contributed by atoms with Crippen molar-refractivity contribution >= 4 is 11.5 Å². The number of nitriles is 1. The van der Waals surface area contributed by atoms with E-state index in [1.54, 1.807) is 31.5 Å². The molecule has 1 aromatic carbocycles. The number of nitrogens with one attached hydrogen (secondary N) is 1. The third kappa shape index (κ3) is 2.93. The molecule has 0 aliphatic heterocycles. The highest BCUT2D eigenvalue weighted by molar-refractivity contribution is 5.53. The number of anilines is 2. The topological polar surface area (TPSA) is 84.0 Å².